The maximum atomic E-state index is 13.5. The summed E-state index contributed by atoms with van der Waals surface area (Å²) in [4.78, 5) is 24.7. The van der Waals surface area contributed by atoms with E-state index in [0.29, 0.717) is 17.9 Å². The Morgan fingerprint density at radius 2 is 1.48 bits per heavy atom. The largest absolute Gasteiger partial charge is 0.484 e. The lowest BCUT2D eigenvalue weighted by atomic mass is 10.1. The molecule has 0 saturated heterocycles. The third-order valence-corrected chi connectivity index (χ3v) is 7.75. The van der Waals surface area contributed by atoms with Crippen LogP contribution in [-0.2, 0) is 26.0 Å². The van der Waals surface area contributed by atoms with E-state index in [1.807, 2.05) is 30.3 Å². The van der Waals surface area contributed by atoms with Crippen LogP contribution >= 0.6 is 0 Å². The first-order valence-corrected chi connectivity index (χ1v) is 14.4. The fraction of sp³-hybridized carbons (Fsp3) is 0.129. The lowest BCUT2D eigenvalue weighted by Gasteiger charge is -2.23. The number of hydrogen-bond acceptors (Lipinski definition) is 6. The smallest absolute Gasteiger partial charge is 0.264 e. The van der Waals surface area contributed by atoms with Crippen LogP contribution in [0.15, 0.2) is 119 Å². The van der Waals surface area contributed by atoms with E-state index in [1.54, 1.807) is 42.5 Å². The Labute approximate surface area is 243 Å². The molecule has 0 aliphatic carbocycles. The van der Waals surface area contributed by atoms with Crippen molar-refractivity contribution >= 4 is 33.7 Å². The molecule has 0 heterocycles. The van der Waals surface area contributed by atoms with Gasteiger partial charge in [0.05, 0.1) is 16.8 Å². The van der Waals surface area contributed by atoms with Crippen molar-refractivity contribution in [1.29, 1.82) is 0 Å². The number of carbonyl (C=O) groups excluding carboxylic acids is 2. The number of hydrazone groups is 1. The second kappa shape index (κ2) is 14.6. The summed E-state index contributed by atoms with van der Waals surface area (Å²) in [6.45, 7) is -0.206. The zero-order valence-electron chi connectivity index (χ0n) is 22.5. The highest BCUT2D eigenvalue weighted by Gasteiger charge is 2.27. The molecule has 4 aromatic carbocycles. The van der Waals surface area contributed by atoms with E-state index in [-0.39, 0.29) is 23.1 Å². The van der Waals surface area contributed by atoms with Gasteiger partial charge in [0, 0.05) is 6.54 Å². The van der Waals surface area contributed by atoms with Crippen molar-refractivity contribution in [3.05, 3.63) is 126 Å². The van der Waals surface area contributed by atoms with E-state index in [0.717, 1.165) is 28.4 Å². The van der Waals surface area contributed by atoms with Crippen LogP contribution in [0.3, 0.4) is 0 Å². The number of nitrogens with one attached hydrogen (secondary N) is 2. The van der Waals surface area contributed by atoms with Crippen LogP contribution < -0.4 is 19.8 Å². The number of amides is 2. The fourth-order valence-electron chi connectivity index (χ4n) is 3.83. The lowest BCUT2D eigenvalue weighted by molar-refractivity contribution is -0.123. The van der Waals surface area contributed by atoms with Gasteiger partial charge in [-0.3, -0.25) is 13.9 Å². The van der Waals surface area contributed by atoms with Gasteiger partial charge in [0.1, 0.15) is 18.1 Å². The first-order valence-electron chi connectivity index (χ1n) is 13.0. The number of nitrogens with zero attached hydrogens (tertiary/aromatic N) is 2. The fourth-order valence-corrected chi connectivity index (χ4v) is 5.27. The summed E-state index contributed by atoms with van der Waals surface area (Å²) < 4.78 is 46.4. The van der Waals surface area contributed by atoms with Crippen LogP contribution in [-0.4, -0.2) is 46.1 Å². The van der Waals surface area contributed by atoms with Crippen molar-refractivity contribution in [3.8, 4) is 5.75 Å². The summed E-state index contributed by atoms with van der Waals surface area (Å²) in [5.74, 6) is -0.990. The molecule has 0 aliphatic heterocycles. The number of rotatable bonds is 13. The standard InChI is InChI=1S/C31H29FN4O5S/c32-26-13-15-27(16-14-26)36(42(39,40)29-9-5-2-6-10-29)22-30(37)35-34-21-25-11-17-28(18-12-25)41-23-31(38)33-20-19-24-7-3-1-4-8-24/h1-18,21H,19-20,22-23H2,(H,33,38)(H,35,37)/b34-21-. The van der Waals surface area contributed by atoms with E-state index in [9.17, 15) is 22.4 Å². The minimum Gasteiger partial charge on any atom is -0.484 e. The quantitative estimate of drug-likeness (QED) is 0.182. The molecule has 42 heavy (non-hydrogen) atoms. The summed E-state index contributed by atoms with van der Waals surface area (Å²) in [6, 6.07) is 28.9. The predicted octanol–water partition coefficient (Wildman–Crippen LogP) is 3.91. The monoisotopic (exact) mass is 588 g/mol. The lowest BCUT2D eigenvalue weighted by Crippen LogP contribution is -2.39. The average Bonchev–Trinajstić information content (AvgIpc) is 3.01. The van der Waals surface area contributed by atoms with Crippen LogP contribution in [0.5, 0.6) is 5.75 Å². The number of sulfonamides is 1. The molecule has 0 bridgehead atoms. The van der Waals surface area contributed by atoms with Crippen molar-refractivity contribution in [1.82, 2.24) is 10.7 Å². The molecular weight excluding hydrogens is 559 g/mol. The number of hydrogen-bond donors (Lipinski definition) is 2. The van der Waals surface area contributed by atoms with Gasteiger partial charge >= 0.3 is 0 Å². The van der Waals surface area contributed by atoms with Gasteiger partial charge in [0.25, 0.3) is 21.8 Å². The van der Waals surface area contributed by atoms with Gasteiger partial charge in [-0.2, -0.15) is 5.10 Å². The Morgan fingerprint density at radius 3 is 2.14 bits per heavy atom. The van der Waals surface area contributed by atoms with Crippen molar-refractivity contribution in [2.45, 2.75) is 11.3 Å². The number of carbonyl (C=O) groups is 2. The van der Waals surface area contributed by atoms with Crippen molar-refractivity contribution in [2.75, 3.05) is 24.0 Å². The van der Waals surface area contributed by atoms with E-state index < -0.39 is 28.3 Å². The van der Waals surface area contributed by atoms with E-state index >= 15 is 0 Å². The molecule has 0 aromatic heterocycles. The number of anilines is 1. The van der Waals surface area contributed by atoms with Gasteiger partial charge in [-0.05, 0) is 78.2 Å². The van der Waals surface area contributed by atoms with Crippen LogP contribution in [0.25, 0.3) is 0 Å². The number of benzene rings is 4. The SMILES string of the molecule is O=C(COc1ccc(/C=N\NC(=O)CN(c2ccc(F)cc2)S(=O)(=O)c2ccccc2)cc1)NCCc1ccccc1. The molecule has 11 heteroatoms. The Hall–Kier alpha value is -5.03. The van der Waals surface area contributed by atoms with E-state index in [1.165, 1.54) is 30.5 Å². The Balaban J connectivity index is 1.28. The van der Waals surface area contributed by atoms with Gasteiger partial charge in [0.2, 0.25) is 0 Å². The van der Waals surface area contributed by atoms with Gasteiger partial charge in [-0.15, -0.1) is 0 Å². The maximum Gasteiger partial charge on any atom is 0.264 e. The topological polar surface area (TPSA) is 117 Å². The molecular formula is C31H29FN4O5S. The van der Waals surface area contributed by atoms with Crippen molar-refractivity contribution in [2.24, 2.45) is 5.10 Å². The summed E-state index contributed by atoms with van der Waals surface area (Å²) >= 11 is 0. The van der Waals surface area contributed by atoms with Crippen LogP contribution in [0.1, 0.15) is 11.1 Å². The molecule has 0 saturated carbocycles. The highest BCUT2D eigenvalue weighted by molar-refractivity contribution is 7.92. The second-order valence-electron chi connectivity index (χ2n) is 9.04. The van der Waals surface area contributed by atoms with E-state index in [2.05, 4.69) is 15.8 Å². The number of ether oxygens (including phenoxy) is 1. The third kappa shape index (κ3) is 8.73. The predicted molar refractivity (Wildman–Crippen MR) is 158 cm³/mol. The molecule has 4 aromatic rings. The minimum atomic E-state index is -4.12. The zero-order valence-corrected chi connectivity index (χ0v) is 23.3. The van der Waals surface area contributed by atoms with Gasteiger partial charge < -0.3 is 10.1 Å². The minimum absolute atomic E-state index is 0.0161. The van der Waals surface area contributed by atoms with Crippen molar-refractivity contribution in [3.63, 3.8) is 0 Å². The first-order chi connectivity index (χ1) is 20.3. The number of halogens is 1. The molecule has 0 atom stereocenters. The molecule has 0 aliphatic rings. The molecule has 9 nitrogen and oxygen atoms in total. The Bertz CT molecular complexity index is 1600. The molecule has 0 unspecified atom stereocenters. The molecule has 0 spiro atoms. The third-order valence-electron chi connectivity index (χ3n) is 5.96. The highest BCUT2D eigenvalue weighted by Crippen LogP contribution is 2.23. The first kappa shape index (κ1) is 29.9. The molecule has 2 amide bonds. The summed E-state index contributed by atoms with van der Waals surface area (Å²) in [7, 11) is -4.12. The Kier molecular flexibility index (Phi) is 10.4. The van der Waals surface area contributed by atoms with Crippen LogP contribution in [0.2, 0.25) is 0 Å². The normalized spacial score (nSPS) is 11.2. The molecule has 216 valence electrons. The zero-order chi connectivity index (χ0) is 29.8. The van der Waals surface area contributed by atoms with E-state index in [4.69, 9.17) is 4.74 Å². The highest BCUT2D eigenvalue weighted by atomic mass is 32.2. The van der Waals surface area contributed by atoms with Gasteiger partial charge in [-0.1, -0.05) is 48.5 Å². The molecule has 4 rings (SSSR count). The van der Waals surface area contributed by atoms with Gasteiger partial charge in [-0.25, -0.2) is 18.2 Å². The maximum absolute atomic E-state index is 13.5. The second-order valence-corrected chi connectivity index (χ2v) is 10.9. The average molecular weight is 589 g/mol. The van der Waals surface area contributed by atoms with Crippen LogP contribution in [0.4, 0.5) is 10.1 Å². The summed E-state index contributed by atoms with van der Waals surface area (Å²) in [5, 5.41) is 6.72. The van der Waals surface area contributed by atoms with Crippen molar-refractivity contribution < 1.29 is 27.1 Å². The molecule has 2 N–H and O–H groups in total. The summed E-state index contributed by atoms with van der Waals surface area (Å²) in [6.07, 6.45) is 2.11. The Morgan fingerprint density at radius 1 is 0.833 bits per heavy atom. The summed E-state index contributed by atoms with van der Waals surface area (Å²) in [5.41, 5.74) is 4.20. The molecule has 0 radical (unpaired) electrons. The molecule has 0 fully saturated rings. The van der Waals surface area contributed by atoms with Crippen LogP contribution in [0, 0.1) is 5.82 Å². The van der Waals surface area contributed by atoms with Gasteiger partial charge in [0.15, 0.2) is 6.61 Å².